The maximum absolute atomic E-state index is 14.3. The Bertz CT molecular complexity index is 628. The molecular formula is C17H18ClF2N. The molecule has 1 atom stereocenters. The molecule has 0 aliphatic carbocycles. The number of halogens is 3. The number of benzene rings is 2. The van der Waals surface area contributed by atoms with Gasteiger partial charge in [0.1, 0.15) is 11.6 Å². The summed E-state index contributed by atoms with van der Waals surface area (Å²) in [7, 11) is 0. The predicted octanol–water partition coefficient (Wildman–Crippen LogP) is 4.82. The molecule has 4 heteroatoms. The first-order valence-electron chi connectivity index (χ1n) is 6.95. The zero-order valence-electron chi connectivity index (χ0n) is 12.1. The lowest BCUT2D eigenvalue weighted by atomic mass is 9.96. The van der Waals surface area contributed by atoms with Crippen molar-refractivity contribution in [3.8, 4) is 0 Å². The molecular weight excluding hydrogens is 292 g/mol. The molecule has 0 amide bonds. The molecule has 21 heavy (non-hydrogen) atoms. The Morgan fingerprint density at radius 2 is 1.95 bits per heavy atom. The van der Waals surface area contributed by atoms with E-state index in [2.05, 4.69) is 5.32 Å². The van der Waals surface area contributed by atoms with Gasteiger partial charge in [-0.05, 0) is 49.2 Å². The number of nitrogens with one attached hydrogen (secondary N) is 1. The van der Waals surface area contributed by atoms with Crippen molar-refractivity contribution in [3.63, 3.8) is 0 Å². The average molecular weight is 310 g/mol. The van der Waals surface area contributed by atoms with Gasteiger partial charge < -0.3 is 5.32 Å². The highest BCUT2D eigenvalue weighted by molar-refractivity contribution is 6.30. The molecule has 0 spiro atoms. The molecule has 0 fully saturated rings. The second-order valence-corrected chi connectivity index (χ2v) is 5.47. The van der Waals surface area contributed by atoms with E-state index in [0.717, 1.165) is 5.56 Å². The summed E-state index contributed by atoms with van der Waals surface area (Å²) in [6.07, 6.45) is 0.478. The van der Waals surface area contributed by atoms with Crippen LogP contribution in [-0.2, 0) is 6.42 Å². The van der Waals surface area contributed by atoms with Gasteiger partial charge in [0.2, 0.25) is 0 Å². The van der Waals surface area contributed by atoms with Gasteiger partial charge in [-0.15, -0.1) is 0 Å². The van der Waals surface area contributed by atoms with Gasteiger partial charge in [-0.1, -0.05) is 36.7 Å². The molecule has 0 saturated carbocycles. The summed E-state index contributed by atoms with van der Waals surface area (Å²) in [6, 6.07) is 9.69. The van der Waals surface area contributed by atoms with Gasteiger partial charge in [0.05, 0.1) is 0 Å². The fourth-order valence-electron chi connectivity index (χ4n) is 2.42. The fourth-order valence-corrected chi connectivity index (χ4v) is 2.63. The van der Waals surface area contributed by atoms with Crippen LogP contribution in [0.1, 0.15) is 29.7 Å². The SMILES string of the molecule is CCNC(Cc1cccc(Cl)c1)c1c(F)ccc(C)c1F. The molecule has 0 heterocycles. The van der Waals surface area contributed by atoms with Crippen molar-refractivity contribution in [2.24, 2.45) is 0 Å². The van der Waals surface area contributed by atoms with Crippen molar-refractivity contribution in [1.82, 2.24) is 5.32 Å². The van der Waals surface area contributed by atoms with Gasteiger partial charge in [0.15, 0.2) is 0 Å². The number of hydrogen-bond donors (Lipinski definition) is 1. The Hall–Kier alpha value is -1.45. The lowest BCUT2D eigenvalue weighted by Gasteiger charge is -2.20. The van der Waals surface area contributed by atoms with Crippen molar-refractivity contribution in [2.75, 3.05) is 6.54 Å². The minimum atomic E-state index is -0.522. The summed E-state index contributed by atoms with van der Waals surface area (Å²) in [5.41, 5.74) is 1.48. The summed E-state index contributed by atoms with van der Waals surface area (Å²) in [5.74, 6) is -1.01. The van der Waals surface area contributed by atoms with Crippen molar-refractivity contribution >= 4 is 11.6 Å². The topological polar surface area (TPSA) is 12.0 Å². The minimum absolute atomic E-state index is 0.0943. The number of likely N-dealkylation sites (N-methyl/N-ethyl adjacent to an activating group) is 1. The minimum Gasteiger partial charge on any atom is -0.310 e. The van der Waals surface area contributed by atoms with Crippen LogP contribution >= 0.6 is 11.6 Å². The van der Waals surface area contributed by atoms with E-state index in [4.69, 9.17) is 11.6 Å². The van der Waals surface area contributed by atoms with Crippen LogP contribution in [0.5, 0.6) is 0 Å². The van der Waals surface area contributed by atoms with Crippen molar-refractivity contribution in [2.45, 2.75) is 26.3 Å². The zero-order chi connectivity index (χ0) is 15.4. The zero-order valence-corrected chi connectivity index (χ0v) is 12.8. The quantitative estimate of drug-likeness (QED) is 0.835. The molecule has 0 aliphatic rings. The second-order valence-electron chi connectivity index (χ2n) is 5.04. The first-order chi connectivity index (χ1) is 10.0. The van der Waals surface area contributed by atoms with E-state index in [1.165, 1.54) is 12.1 Å². The predicted molar refractivity (Wildman–Crippen MR) is 82.7 cm³/mol. The van der Waals surface area contributed by atoms with Crippen LogP contribution in [0.2, 0.25) is 5.02 Å². The summed E-state index contributed by atoms with van der Waals surface area (Å²) < 4.78 is 28.4. The Labute approximate surface area is 128 Å². The van der Waals surface area contributed by atoms with Gasteiger partial charge in [-0.3, -0.25) is 0 Å². The number of aryl methyl sites for hydroxylation is 1. The third-order valence-corrected chi connectivity index (χ3v) is 3.68. The maximum Gasteiger partial charge on any atom is 0.133 e. The lowest BCUT2D eigenvalue weighted by Crippen LogP contribution is -2.25. The van der Waals surface area contributed by atoms with Crippen LogP contribution in [0.15, 0.2) is 36.4 Å². The molecule has 0 saturated heterocycles. The van der Waals surface area contributed by atoms with E-state index in [1.807, 2.05) is 25.1 Å². The highest BCUT2D eigenvalue weighted by atomic mass is 35.5. The molecule has 1 nitrogen and oxygen atoms in total. The third kappa shape index (κ3) is 3.80. The largest absolute Gasteiger partial charge is 0.310 e. The summed E-state index contributed by atoms with van der Waals surface area (Å²) in [6.45, 7) is 4.18. The summed E-state index contributed by atoms with van der Waals surface area (Å²) in [5, 5.41) is 3.77. The summed E-state index contributed by atoms with van der Waals surface area (Å²) in [4.78, 5) is 0. The molecule has 0 aliphatic heterocycles. The number of hydrogen-bond acceptors (Lipinski definition) is 1. The fraction of sp³-hybridized carbons (Fsp3) is 0.294. The number of rotatable bonds is 5. The van der Waals surface area contributed by atoms with Crippen molar-refractivity contribution < 1.29 is 8.78 Å². The van der Waals surface area contributed by atoms with Crippen LogP contribution in [-0.4, -0.2) is 6.54 Å². The molecule has 2 aromatic carbocycles. The van der Waals surface area contributed by atoms with E-state index >= 15 is 0 Å². The van der Waals surface area contributed by atoms with Crippen molar-refractivity contribution in [3.05, 3.63) is 69.7 Å². The van der Waals surface area contributed by atoms with E-state index in [0.29, 0.717) is 23.6 Å². The highest BCUT2D eigenvalue weighted by Crippen LogP contribution is 2.27. The Morgan fingerprint density at radius 3 is 2.62 bits per heavy atom. The summed E-state index contributed by atoms with van der Waals surface area (Å²) >= 11 is 5.97. The molecule has 2 rings (SSSR count). The molecule has 112 valence electrons. The van der Waals surface area contributed by atoms with Crippen LogP contribution in [0, 0.1) is 18.6 Å². The third-order valence-electron chi connectivity index (χ3n) is 3.45. The Kier molecular flexibility index (Phi) is 5.32. The lowest BCUT2D eigenvalue weighted by molar-refractivity contribution is 0.470. The standard InChI is InChI=1S/C17H18ClF2N/c1-3-21-15(10-12-5-4-6-13(18)9-12)16-14(19)8-7-11(2)17(16)20/h4-9,15,21H,3,10H2,1-2H3. The van der Waals surface area contributed by atoms with E-state index in [9.17, 15) is 8.78 Å². The molecule has 0 radical (unpaired) electrons. The molecule has 0 bridgehead atoms. The van der Waals surface area contributed by atoms with E-state index < -0.39 is 17.7 Å². The first kappa shape index (κ1) is 15.9. The molecule has 0 aromatic heterocycles. The van der Waals surface area contributed by atoms with Crippen LogP contribution in [0.25, 0.3) is 0 Å². The molecule has 1 unspecified atom stereocenters. The van der Waals surface area contributed by atoms with Crippen LogP contribution in [0.4, 0.5) is 8.78 Å². The Balaban J connectivity index is 2.38. The van der Waals surface area contributed by atoms with Gasteiger partial charge in [-0.25, -0.2) is 8.78 Å². The Morgan fingerprint density at radius 1 is 1.19 bits per heavy atom. The van der Waals surface area contributed by atoms with E-state index in [1.54, 1.807) is 13.0 Å². The molecule has 2 aromatic rings. The van der Waals surface area contributed by atoms with Crippen molar-refractivity contribution in [1.29, 1.82) is 0 Å². The molecule has 1 N–H and O–H groups in total. The van der Waals surface area contributed by atoms with Gasteiger partial charge in [-0.2, -0.15) is 0 Å². The van der Waals surface area contributed by atoms with Gasteiger partial charge in [0.25, 0.3) is 0 Å². The van der Waals surface area contributed by atoms with Crippen LogP contribution < -0.4 is 5.32 Å². The average Bonchev–Trinajstić information content (AvgIpc) is 2.44. The highest BCUT2D eigenvalue weighted by Gasteiger charge is 2.21. The maximum atomic E-state index is 14.3. The monoisotopic (exact) mass is 309 g/mol. The van der Waals surface area contributed by atoms with Gasteiger partial charge in [0, 0.05) is 16.6 Å². The van der Waals surface area contributed by atoms with E-state index in [-0.39, 0.29) is 5.56 Å². The van der Waals surface area contributed by atoms with Gasteiger partial charge >= 0.3 is 0 Å². The second kappa shape index (κ2) is 7.01. The normalized spacial score (nSPS) is 12.4. The van der Waals surface area contributed by atoms with Crippen LogP contribution in [0.3, 0.4) is 0 Å². The first-order valence-corrected chi connectivity index (χ1v) is 7.33. The smallest absolute Gasteiger partial charge is 0.133 e.